The highest BCUT2D eigenvalue weighted by Gasteiger charge is 2.08. The van der Waals surface area contributed by atoms with Crippen LogP contribution in [0, 0.1) is 0 Å². The minimum atomic E-state index is 0.706. The van der Waals surface area contributed by atoms with Crippen molar-refractivity contribution in [3.8, 4) is 5.75 Å². The molecule has 0 aromatic heterocycles. The lowest BCUT2D eigenvalue weighted by Gasteiger charge is -2.27. The van der Waals surface area contributed by atoms with Crippen LogP contribution in [0.4, 0.5) is 0 Å². The maximum absolute atomic E-state index is 5.64. The van der Waals surface area contributed by atoms with Gasteiger partial charge in [-0.15, -0.1) is 0 Å². The van der Waals surface area contributed by atoms with Gasteiger partial charge in [-0.05, 0) is 37.1 Å². The second kappa shape index (κ2) is 6.99. The standard InChI is InChI=1S/C13H19BrN2O/c14-12-4-6-13(7-5-12)17-11-8-15-16-9-2-1-3-10-16/h4-7,15H,1-3,8-11H2. The summed E-state index contributed by atoms with van der Waals surface area (Å²) < 4.78 is 6.72. The van der Waals surface area contributed by atoms with Gasteiger partial charge in [0, 0.05) is 24.1 Å². The maximum Gasteiger partial charge on any atom is 0.119 e. The number of rotatable bonds is 5. The van der Waals surface area contributed by atoms with Gasteiger partial charge in [0.25, 0.3) is 0 Å². The Kier molecular flexibility index (Phi) is 5.29. The second-order valence-electron chi connectivity index (χ2n) is 4.26. The molecule has 1 heterocycles. The molecule has 2 rings (SSSR count). The third-order valence-electron chi connectivity index (χ3n) is 2.88. The molecule has 1 aliphatic heterocycles. The molecule has 1 N–H and O–H groups in total. The minimum Gasteiger partial charge on any atom is -0.492 e. The molecule has 0 unspecified atom stereocenters. The van der Waals surface area contributed by atoms with Crippen LogP contribution in [0.1, 0.15) is 19.3 Å². The fourth-order valence-corrected chi connectivity index (χ4v) is 2.22. The van der Waals surface area contributed by atoms with Crippen LogP contribution in [-0.4, -0.2) is 31.3 Å². The van der Waals surface area contributed by atoms with E-state index in [9.17, 15) is 0 Å². The summed E-state index contributed by atoms with van der Waals surface area (Å²) in [4.78, 5) is 0. The van der Waals surface area contributed by atoms with Crippen molar-refractivity contribution in [1.29, 1.82) is 0 Å². The van der Waals surface area contributed by atoms with Gasteiger partial charge in [0.05, 0.1) is 0 Å². The van der Waals surface area contributed by atoms with Crippen molar-refractivity contribution in [2.24, 2.45) is 0 Å². The summed E-state index contributed by atoms with van der Waals surface area (Å²) in [5.74, 6) is 0.925. The first-order valence-corrected chi connectivity index (χ1v) is 7.01. The molecule has 94 valence electrons. The number of ether oxygens (including phenoxy) is 1. The van der Waals surface area contributed by atoms with Crippen LogP contribution in [0.5, 0.6) is 5.75 Å². The van der Waals surface area contributed by atoms with Crippen molar-refractivity contribution in [2.45, 2.75) is 19.3 Å². The monoisotopic (exact) mass is 298 g/mol. The van der Waals surface area contributed by atoms with Crippen molar-refractivity contribution >= 4 is 15.9 Å². The van der Waals surface area contributed by atoms with E-state index in [2.05, 4.69) is 26.4 Å². The number of benzene rings is 1. The molecule has 17 heavy (non-hydrogen) atoms. The highest BCUT2D eigenvalue weighted by atomic mass is 79.9. The predicted molar refractivity (Wildman–Crippen MR) is 73.1 cm³/mol. The molecule has 0 amide bonds. The summed E-state index contributed by atoms with van der Waals surface area (Å²) in [6, 6.07) is 7.94. The fourth-order valence-electron chi connectivity index (χ4n) is 1.96. The first-order chi connectivity index (χ1) is 8.34. The molecule has 1 aromatic rings. The van der Waals surface area contributed by atoms with Gasteiger partial charge in [-0.2, -0.15) is 0 Å². The number of hydrogen-bond donors (Lipinski definition) is 1. The molecule has 1 aromatic carbocycles. The molecule has 0 radical (unpaired) electrons. The fraction of sp³-hybridized carbons (Fsp3) is 0.538. The molecule has 0 saturated carbocycles. The number of halogens is 1. The van der Waals surface area contributed by atoms with Crippen molar-refractivity contribution in [2.75, 3.05) is 26.2 Å². The zero-order valence-electron chi connectivity index (χ0n) is 9.99. The Bertz CT molecular complexity index is 323. The molecule has 1 fully saturated rings. The molecule has 0 atom stereocenters. The topological polar surface area (TPSA) is 24.5 Å². The summed E-state index contributed by atoms with van der Waals surface area (Å²) in [7, 11) is 0. The zero-order chi connectivity index (χ0) is 11.9. The molecule has 1 aliphatic rings. The molecule has 3 nitrogen and oxygen atoms in total. The van der Waals surface area contributed by atoms with E-state index >= 15 is 0 Å². The van der Waals surface area contributed by atoms with E-state index in [1.54, 1.807) is 0 Å². The Balaban J connectivity index is 1.60. The lowest BCUT2D eigenvalue weighted by atomic mass is 10.2. The Morgan fingerprint density at radius 1 is 1.12 bits per heavy atom. The Morgan fingerprint density at radius 3 is 2.53 bits per heavy atom. The highest BCUT2D eigenvalue weighted by Crippen LogP contribution is 2.15. The van der Waals surface area contributed by atoms with Crippen LogP contribution in [-0.2, 0) is 0 Å². The number of nitrogens with one attached hydrogen (secondary N) is 1. The normalized spacial score (nSPS) is 17.0. The number of hydrogen-bond acceptors (Lipinski definition) is 3. The van der Waals surface area contributed by atoms with Gasteiger partial charge in [-0.1, -0.05) is 22.4 Å². The summed E-state index contributed by atoms with van der Waals surface area (Å²) in [6.45, 7) is 3.91. The maximum atomic E-state index is 5.64. The van der Waals surface area contributed by atoms with Gasteiger partial charge >= 0.3 is 0 Å². The van der Waals surface area contributed by atoms with Crippen molar-refractivity contribution in [1.82, 2.24) is 10.4 Å². The van der Waals surface area contributed by atoms with Crippen LogP contribution in [0.2, 0.25) is 0 Å². The molecular weight excluding hydrogens is 280 g/mol. The average molecular weight is 299 g/mol. The van der Waals surface area contributed by atoms with Crippen LogP contribution in [0.3, 0.4) is 0 Å². The van der Waals surface area contributed by atoms with Gasteiger partial charge in [-0.25, -0.2) is 5.01 Å². The largest absolute Gasteiger partial charge is 0.492 e. The predicted octanol–water partition coefficient (Wildman–Crippen LogP) is 2.82. The Hall–Kier alpha value is -0.580. The van der Waals surface area contributed by atoms with Crippen molar-refractivity contribution in [3.05, 3.63) is 28.7 Å². The zero-order valence-corrected chi connectivity index (χ0v) is 11.6. The summed E-state index contributed by atoms with van der Waals surface area (Å²) in [5.41, 5.74) is 3.40. The van der Waals surface area contributed by atoms with Crippen LogP contribution < -0.4 is 10.2 Å². The van der Waals surface area contributed by atoms with Crippen molar-refractivity contribution < 1.29 is 4.74 Å². The molecular formula is C13H19BrN2O. The number of hydrazine groups is 1. The summed E-state index contributed by atoms with van der Waals surface area (Å²) in [5, 5.41) is 2.30. The summed E-state index contributed by atoms with van der Waals surface area (Å²) in [6.07, 6.45) is 3.98. The minimum absolute atomic E-state index is 0.706. The van der Waals surface area contributed by atoms with E-state index in [0.29, 0.717) is 6.61 Å². The van der Waals surface area contributed by atoms with E-state index in [1.165, 1.54) is 19.3 Å². The third kappa shape index (κ3) is 4.66. The molecule has 4 heteroatoms. The SMILES string of the molecule is Brc1ccc(OCCNN2CCCCC2)cc1. The number of nitrogens with zero attached hydrogens (tertiary/aromatic N) is 1. The summed E-state index contributed by atoms with van der Waals surface area (Å²) >= 11 is 3.40. The molecule has 0 aliphatic carbocycles. The number of piperidine rings is 1. The van der Waals surface area contributed by atoms with Gasteiger partial charge in [0.1, 0.15) is 12.4 Å². The first kappa shape index (κ1) is 12.9. The van der Waals surface area contributed by atoms with Gasteiger partial charge in [-0.3, -0.25) is 5.43 Å². The van der Waals surface area contributed by atoms with Crippen LogP contribution >= 0.6 is 15.9 Å². The third-order valence-corrected chi connectivity index (χ3v) is 3.40. The van der Waals surface area contributed by atoms with Gasteiger partial charge in [0.15, 0.2) is 0 Å². The lowest BCUT2D eigenvalue weighted by Crippen LogP contribution is -2.43. The van der Waals surface area contributed by atoms with E-state index in [0.717, 1.165) is 29.9 Å². The highest BCUT2D eigenvalue weighted by molar-refractivity contribution is 9.10. The van der Waals surface area contributed by atoms with Gasteiger partial charge < -0.3 is 4.74 Å². The Morgan fingerprint density at radius 2 is 1.82 bits per heavy atom. The van der Waals surface area contributed by atoms with E-state index in [4.69, 9.17) is 4.74 Å². The quantitative estimate of drug-likeness (QED) is 0.846. The van der Waals surface area contributed by atoms with E-state index in [-0.39, 0.29) is 0 Å². The van der Waals surface area contributed by atoms with Crippen molar-refractivity contribution in [3.63, 3.8) is 0 Å². The van der Waals surface area contributed by atoms with Crippen LogP contribution in [0.15, 0.2) is 28.7 Å². The van der Waals surface area contributed by atoms with E-state index in [1.807, 2.05) is 24.3 Å². The van der Waals surface area contributed by atoms with Gasteiger partial charge in [0.2, 0.25) is 0 Å². The first-order valence-electron chi connectivity index (χ1n) is 6.21. The Labute approximate surface area is 111 Å². The molecule has 0 spiro atoms. The lowest BCUT2D eigenvalue weighted by molar-refractivity contribution is 0.141. The second-order valence-corrected chi connectivity index (χ2v) is 5.17. The molecule has 1 saturated heterocycles. The average Bonchev–Trinajstić information content (AvgIpc) is 2.38. The van der Waals surface area contributed by atoms with Crippen LogP contribution in [0.25, 0.3) is 0 Å². The molecule has 0 bridgehead atoms. The smallest absolute Gasteiger partial charge is 0.119 e. The van der Waals surface area contributed by atoms with E-state index < -0.39 is 0 Å².